The third-order valence-corrected chi connectivity index (χ3v) is 5.45. The lowest BCUT2D eigenvalue weighted by molar-refractivity contribution is -0.113. The van der Waals surface area contributed by atoms with Crippen LogP contribution in [-0.2, 0) is 4.79 Å². The van der Waals surface area contributed by atoms with E-state index in [-0.39, 0.29) is 11.7 Å². The number of amides is 1. The van der Waals surface area contributed by atoms with E-state index in [0.717, 1.165) is 18.7 Å². The summed E-state index contributed by atoms with van der Waals surface area (Å²) in [5.41, 5.74) is 0.501. The molecule has 1 aromatic carbocycles. The summed E-state index contributed by atoms with van der Waals surface area (Å²) in [5, 5.41) is 11.0. The van der Waals surface area contributed by atoms with Crippen molar-refractivity contribution >= 4 is 35.0 Å². The molecule has 140 valence electrons. The molecule has 0 spiro atoms. The zero-order chi connectivity index (χ0) is 18.5. The first-order chi connectivity index (χ1) is 12.6. The van der Waals surface area contributed by atoms with E-state index >= 15 is 0 Å². The zero-order valence-corrected chi connectivity index (χ0v) is 16.2. The van der Waals surface area contributed by atoms with E-state index < -0.39 is 0 Å². The van der Waals surface area contributed by atoms with Crippen molar-refractivity contribution in [2.45, 2.75) is 36.8 Å². The maximum Gasteiger partial charge on any atom is 0.234 e. The van der Waals surface area contributed by atoms with Gasteiger partial charge in [0.05, 0.1) is 30.7 Å². The van der Waals surface area contributed by atoms with E-state index in [2.05, 4.69) is 20.5 Å². The number of nitrogens with zero attached hydrogens (tertiary/aromatic N) is 2. The number of ether oxygens (including phenoxy) is 2. The molecule has 1 amide bonds. The Labute approximate surface area is 161 Å². The highest BCUT2D eigenvalue weighted by Crippen LogP contribution is 2.36. The molecule has 1 aliphatic carbocycles. The summed E-state index contributed by atoms with van der Waals surface area (Å²) in [5.74, 6) is 2.33. The summed E-state index contributed by atoms with van der Waals surface area (Å²) >= 11 is 7.36. The van der Waals surface area contributed by atoms with Crippen LogP contribution in [0.1, 0.15) is 37.4 Å². The Bertz CT molecular complexity index is 777. The molecule has 0 atom stereocenters. The number of H-pyrrole nitrogens is 1. The molecule has 0 saturated heterocycles. The van der Waals surface area contributed by atoms with E-state index in [1.807, 2.05) is 0 Å². The maximum atomic E-state index is 12.3. The molecule has 0 bridgehead atoms. The molecule has 3 rings (SSSR count). The molecule has 9 heteroatoms. The second-order valence-electron chi connectivity index (χ2n) is 6.01. The average molecular weight is 397 g/mol. The number of carbonyl (C=O) groups excluding carboxylic acids is 1. The molecule has 1 aliphatic rings. The first kappa shape index (κ1) is 18.8. The Kier molecular flexibility index (Phi) is 6.26. The van der Waals surface area contributed by atoms with E-state index in [4.69, 9.17) is 21.1 Å². The minimum atomic E-state index is -0.190. The van der Waals surface area contributed by atoms with Crippen LogP contribution >= 0.6 is 23.4 Å². The van der Waals surface area contributed by atoms with E-state index in [0.29, 0.717) is 33.3 Å². The predicted octanol–water partition coefficient (Wildman–Crippen LogP) is 3.86. The molecule has 0 radical (unpaired) electrons. The summed E-state index contributed by atoms with van der Waals surface area (Å²) in [6.45, 7) is 0. The fraction of sp³-hybridized carbons (Fsp3) is 0.471. The number of rotatable bonds is 7. The fourth-order valence-corrected chi connectivity index (χ4v) is 3.82. The molecular weight excluding hydrogens is 376 g/mol. The van der Waals surface area contributed by atoms with Gasteiger partial charge in [-0.2, -0.15) is 0 Å². The molecule has 1 saturated carbocycles. The Morgan fingerprint density at radius 2 is 2.04 bits per heavy atom. The molecular formula is C17H21ClN4O3S. The number of hydrogen-bond donors (Lipinski definition) is 2. The number of carbonyl (C=O) groups is 1. The monoisotopic (exact) mass is 396 g/mol. The lowest BCUT2D eigenvalue weighted by Gasteiger charge is -2.12. The standard InChI is InChI=1S/C17H21ClN4O3S/c1-24-13-8-12(14(25-2)7-11(13)18)19-15(23)9-26-17-20-16(21-22-17)10-5-3-4-6-10/h7-8,10H,3-6,9H2,1-2H3,(H,19,23)(H,20,21,22). The maximum absolute atomic E-state index is 12.3. The molecule has 2 aromatic rings. The van der Waals surface area contributed by atoms with Gasteiger partial charge in [0, 0.05) is 18.1 Å². The van der Waals surface area contributed by atoms with E-state index in [1.165, 1.54) is 38.8 Å². The molecule has 1 aromatic heterocycles. The van der Waals surface area contributed by atoms with Gasteiger partial charge in [0.1, 0.15) is 17.3 Å². The summed E-state index contributed by atoms with van der Waals surface area (Å²) in [4.78, 5) is 16.8. The quantitative estimate of drug-likeness (QED) is 0.690. The number of halogens is 1. The lowest BCUT2D eigenvalue weighted by atomic mass is 10.1. The molecule has 1 heterocycles. The van der Waals surface area contributed by atoms with Crippen molar-refractivity contribution in [2.75, 3.05) is 25.3 Å². The summed E-state index contributed by atoms with van der Waals surface area (Å²) in [6.07, 6.45) is 4.78. The van der Waals surface area contributed by atoms with E-state index in [9.17, 15) is 4.79 Å². The van der Waals surface area contributed by atoms with Crippen molar-refractivity contribution in [3.63, 3.8) is 0 Å². The van der Waals surface area contributed by atoms with Crippen LogP contribution in [0, 0.1) is 0 Å². The third-order valence-electron chi connectivity index (χ3n) is 4.30. The number of thioether (sulfide) groups is 1. The average Bonchev–Trinajstić information content (AvgIpc) is 3.32. The number of anilines is 1. The van der Waals surface area contributed by atoms with Crippen molar-refractivity contribution in [3.05, 3.63) is 23.0 Å². The van der Waals surface area contributed by atoms with Crippen LogP contribution in [0.3, 0.4) is 0 Å². The minimum Gasteiger partial charge on any atom is -0.495 e. The third kappa shape index (κ3) is 4.42. The Morgan fingerprint density at radius 1 is 1.31 bits per heavy atom. The number of benzene rings is 1. The first-order valence-electron chi connectivity index (χ1n) is 8.37. The van der Waals surface area contributed by atoms with Crippen LogP contribution < -0.4 is 14.8 Å². The lowest BCUT2D eigenvalue weighted by Crippen LogP contribution is -2.15. The van der Waals surface area contributed by atoms with Crippen LogP contribution in [0.15, 0.2) is 17.3 Å². The number of methoxy groups -OCH3 is 2. The molecule has 1 fully saturated rings. The van der Waals surface area contributed by atoms with Gasteiger partial charge in [0.2, 0.25) is 11.1 Å². The normalized spacial score (nSPS) is 14.4. The first-order valence-corrected chi connectivity index (χ1v) is 9.73. The highest BCUT2D eigenvalue weighted by atomic mass is 35.5. The van der Waals surface area contributed by atoms with Crippen LogP contribution in [0.5, 0.6) is 11.5 Å². The van der Waals surface area contributed by atoms with Gasteiger partial charge in [-0.3, -0.25) is 9.89 Å². The van der Waals surface area contributed by atoms with Crippen LogP contribution in [0.2, 0.25) is 5.02 Å². The summed E-state index contributed by atoms with van der Waals surface area (Å²) < 4.78 is 10.4. The summed E-state index contributed by atoms with van der Waals surface area (Å²) in [6, 6.07) is 3.24. The number of aromatic amines is 1. The van der Waals surface area contributed by atoms with Crippen molar-refractivity contribution < 1.29 is 14.3 Å². The van der Waals surface area contributed by atoms with Crippen LogP contribution in [0.4, 0.5) is 5.69 Å². The van der Waals surface area contributed by atoms with Crippen molar-refractivity contribution in [1.82, 2.24) is 15.2 Å². The molecule has 0 aliphatic heterocycles. The van der Waals surface area contributed by atoms with Gasteiger partial charge in [0.25, 0.3) is 0 Å². The Balaban J connectivity index is 1.59. The molecule has 0 unspecified atom stereocenters. The SMILES string of the molecule is COc1cc(NC(=O)CSc2n[nH]c(C3CCCC3)n2)c(OC)cc1Cl. The largest absolute Gasteiger partial charge is 0.495 e. The van der Waals surface area contributed by atoms with Crippen LogP contribution in [-0.4, -0.2) is 41.1 Å². The minimum absolute atomic E-state index is 0.190. The second kappa shape index (κ2) is 8.64. The van der Waals surface area contributed by atoms with Gasteiger partial charge in [-0.25, -0.2) is 4.98 Å². The Hall–Kier alpha value is -1.93. The topological polar surface area (TPSA) is 89.1 Å². The van der Waals surface area contributed by atoms with Gasteiger partial charge in [0.15, 0.2) is 0 Å². The number of nitrogens with one attached hydrogen (secondary N) is 2. The highest BCUT2D eigenvalue weighted by molar-refractivity contribution is 7.99. The Morgan fingerprint density at radius 3 is 2.73 bits per heavy atom. The predicted molar refractivity (Wildman–Crippen MR) is 102 cm³/mol. The summed E-state index contributed by atoms with van der Waals surface area (Å²) in [7, 11) is 3.03. The number of hydrogen-bond acceptors (Lipinski definition) is 6. The second-order valence-corrected chi connectivity index (χ2v) is 7.36. The van der Waals surface area contributed by atoms with Gasteiger partial charge >= 0.3 is 0 Å². The van der Waals surface area contributed by atoms with Crippen LogP contribution in [0.25, 0.3) is 0 Å². The van der Waals surface area contributed by atoms with E-state index in [1.54, 1.807) is 12.1 Å². The molecule has 7 nitrogen and oxygen atoms in total. The number of aromatic nitrogens is 3. The zero-order valence-electron chi connectivity index (χ0n) is 14.7. The van der Waals surface area contributed by atoms with Gasteiger partial charge in [-0.1, -0.05) is 36.2 Å². The smallest absolute Gasteiger partial charge is 0.234 e. The fourth-order valence-electron chi connectivity index (χ4n) is 2.98. The van der Waals surface area contributed by atoms with Gasteiger partial charge in [-0.15, -0.1) is 5.10 Å². The van der Waals surface area contributed by atoms with Crippen molar-refractivity contribution in [1.29, 1.82) is 0 Å². The van der Waals surface area contributed by atoms with Crippen molar-refractivity contribution in [3.8, 4) is 11.5 Å². The van der Waals surface area contributed by atoms with Crippen molar-refractivity contribution in [2.24, 2.45) is 0 Å². The molecule has 2 N–H and O–H groups in total. The highest BCUT2D eigenvalue weighted by Gasteiger charge is 2.21. The molecule has 26 heavy (non-hydrogen) atoms. The van der Waals surface area contributed by atoms with Gasteiger partial charge in [-0.05, 0) is 12.8 Å². The van der Waals surface area contributed by atoms with Gasteiger partial charge < -0.3 is 14.8 Å².